The van der Waals surface area contributed by atoms with Gasteiger partial charge >= 0.3 is 6.18 Å². The van der Waals surface area contributed by atoms with Gasteiger partial charge in [0, 0.05) is 0 Å². The highest BCUT2D eigenvalue weighted by atomic mass is 19.4. The van der Waals surface area contributed by atoms with Crippen LogP contribution >= 0.6 is 0 Å². The number of alkyl halides is 3. The molecule has 0 radical (unpaired) electrons. The van der Waals surface area contributed by atoms with Crippen LogP contribution in [0.3, 0.4) is 0 Å². The normalized spacial score (nSPS) is 20.0. The number of piperidine rings is 1. The SMILES string of the molecule is NCCC1CCN(C(c2ccccc2)C(F)(F)F)CC1. The molecule has 1 atom stereocenters. The molecule has 1 aliphatic heterocycles. The Hall–Kier alpha value is -1.07. The van der Waals surface area contributed by atoms with Crippen LogP contribution in [0.4, 0.5) is 13.2 Å². The monoisotopic (exact) mass is 286 g/mol. The summed E-state index contributed by atoms with van der Waals surface area (Å²) in [6.07, 6.45) is -1.72. The highest BCUT2D eigenvalue weighted by Crippen LogP contribution is 2.39. The molecule has 20 heavy (non-hydrogen) atoms. The van der Waals surface area contributed by atoms with E-state index >= 15 is 0 Å². The van der Waals surface area contributed by atoms with Crippen LogP contribution in [-0.4, -0.2) is 30.7 Å². The van der Waals surface area contributed by atoms with Gasteiger partial charge in [-0.05, 0) is 50.4 Å². The fourth-order valence-corrected chi connectivity index (χ4v) is 2.98. The summed E-state index contributed by atoms with van der Waals surface area (Å²) in [5.74, 6) is 0.473. The molecule has 2 rings (SSSR count). The number of rotatable bonds is 4. The second-order valence-electron chi connectivity index (χ2n) is 5.41. The summed E-state index contributed by atoms with van der Waals surface area (Å²) < 4.78 is 40.1. The van der Waals surface area contributed by atoms with Gasteiger partial charge in [-0.15, -0.1) is 0 Å². The van der Waals surface area contributed by atoms with Crippen molar-refractivity contribution < 1.29 is 13.2 Å². The molecule has 1 aromatic carbocycles. The van der Waals surface area contributed by atoms with Crippen LogP contribution < -0.4 is 5.73 Å². The van der Waals surface area contributed by atoms with E-state index in [0.29, 0.717) is 31.1 Å². The lowest BCUT2D eigenvalue weighted by Gasteiger charge is -2.38. The Kier molecular flexibility index (Phi) is 5.05. The second-order valence-corrected chi connectivity index (χ2v) is 5.41. The van der Waals surface area contributed by atoms with Gasteiger partial charge < -0.3 is 5.73 Å². The Labute approximate surface area is 117 Å². The largest absolute Gasteiger partial charge is 0.408 e. The van der Waals surface area contributed by atoms with Crippen LogP contribution in [0.1, 0.15) is 30.9 Å². The van der Waals surface area contributed by atoms with Gasteiger partial charge in [-0.25, -0.2) is 0 Å². The Balaban J connectivity index is 2.10. The molecule has 1 heterocycles. The third kappa shape index (κ3) is 3.73. The van der Waals surface area contributed by atoms with Crippen LogP contribution in [0.25, 0.3) is 0 Å². The molecule has 0 aliphatic carbocycles. The van der Waals surface area contributed by atoms with Gasteiger partial charge in [0.25, 0.3) is 0 Å². The van der Waals surface area contributed by atoms with Crippen molar-refractivity contribution in [3.8, 4) is 0 Å². The van der Waals surface area contributed by atoms with Gasteiger partial charge in [-0.2, -0.15) is 13.2 Å². The van der Waals surface area contributed by atoms with Crippen molar-refractivity contribution >= 4 is 0 Å². The molecule has 0 spiro atoms. The Morgan fingerprint density at radius 2 is 1.75 bits per heavy atom. The van der Waals surface area contributed by atoms with Gasteiger partial charge in [0.1, 0.15) is 6.04 Å². The molecule has 1 aliphatic rings. The number of likely N-dealkylation sites (tertiary alicyclic amines) is 1. The van der Waals surface area contributed by atoms with Crippen molar-refractivity contribution in [3.63, 3.8) is 0 Å². The van der Waals surface area contributed by atoms with Gasteiger partial charge in [0.05, 0.1) is 0 Å². The molecular formula is C15H21F3N2. The van der Waals surface area contributed by atoms with E-state index in [0.717, 1.165) is 19.3 Å². The highest BCUT2D eigenvalue weighted by Gasteiger charge is 2.45. The van der Waals surface area contributed by atoms with Crippen LogP contribution in [-0.2, 0) is 0 Å². The van der Waals surface area contributed by atoms with Crippen molar-refractivity contribution in [2.75, 3.05) is 19.6 Å². The summed E-state index contributed by atoms with van der Waals surface area (Å²) >= 11 is 0. The molecule has 112 valence electrons. The Morgan fingerprint density at radius 3 is 2.25 bits per heavy atom. The van der Waals surface area contributed by atoms with Crippen LogP contribution in [0.15, 0.2) is 30.3 Å². The van der Waals surface area contributed by atoms with Crippen LogP contribution in [0, 0.1) is 5.92 Å². The fourth-order valence-electron chi connectivity index (χ4n) is 2.98. The van der Waals surface area contributed by atoms with E-state index in [4.69, 9.17) is 5.73 Å². The first-order valence-electron chi connectivity index (χ1n) is 7.08. The van der Waals surface area contributed by atoms with Crippen molar-refractivity contribution in [1.29, 1.82) is 0 Å². The molecule has 0 bridgehead atoms. The predicted octanol–water partition coefficient (Wildman–Crippen LogP) is 3.35. The van der Waals surface area contributed by atoms with E-state index in [-0.39, 0.29) is 0 Å². The fraction of sp³-hybridized carbons (Fsp3) is 0.600. The number of nitrogens with two attached hydrogens (primary N) is 1. The summed E-state index contributed by atoms with van der Waals surface area (Å²) in [7, 11) is 0. The maximum atomic E-state index is 13.4. The molecule has 2 nitrogen and oxygen atoms in total. The number of hydrogen-bond acceptors (Lipinski definition) is 2. The van der Waals surface area contributed by atoms with Gasteiger partial charge in [-0.3, -0.25) is 4.90 Å². The minimum atomic E-state index is -4.23. The highest BCUT2D eigenvalue weighted by molar-refractivity contribution is 5.20. The lowest BCUT2D eigenvalue weighted by molar-refractivity contribution is -0.190. The first-order chi connectivity index (χ1) is 9.52. The summed E-state index contributed by atoms with van der Waals surface area (Å²) in [5.41, 5.74) is 5.85. The number of halogens is 3. The van der Waals surface area contributed by atoms with E-state index in [9.17, 15) is 13.2 Å². The van der Waals surface area contributed by atoms with Crippen LogP contribution in [0.5, 0.6) is 0 Å². The standard InChI is InChI=1S/C15H21F3N2/c16-15(17,18)14(13-4-2-1-3-5-13)20-10-7-12(6-9-19)8-11-20/h1-5,12,14H,6-11,19H2. The predicted molar refractivity (Wildman–Crippen MR) is 73.2 cm³/mol. The molecule has 1 unspecified atom stereocenters. The lowest BCUT2D eigenvalue weighted by atomic mass is 9.91. The average Bonchev–Trinajstić information content (AvgIpc) is 2.41. The summed E-state index contributed by atoms with van der Waals surface area (Å²) in [5, 5.41) is 0. The first-order valence-corrected chi connectivity index (χ1v) is 7.08. The lowest BCUT2D eigenvalue weighted by Crippen LogP contribution is -2.43. The Morgan fingerprint density at radius 1 is 1.15 bits per heavy atom. The second kappa shape index (κ2) is 6.59. The molecule has 0 aromatic heterocycles. The molecule has 1 saturated heterocycles. The van der Waals surface area contributed by atoms with E-state index in [1.807, 2.05) is 0 Å². The van der Waals surface area contributed by atoms with Crippen molar-refractivity contribution in [2.24, 2.45) is 11.7 Å². The quantitative estimate of drug-likeness (QED) is 0.919. The van der Waals surface area contributed by atoms with Crippen molar-refractivity contribution in [1.82, 2.24) is 4.90 Å². The number of nitrogens with zero attached hydrogens (tertiary/aromatic N) is 1. The zero-order chi connectivity index (χ0) is 14.6. The molecule has 1 aromatic rings. The maximum Gasteiger partial charge on any atom is 0.408 e. The van der Waals surface area contributed by atoms with E-state index in [1.54, 1.807) is 35.2 Å². The van der Waals surface area contributed by atoms with Crippen molar-refractivity contribution in [2.45, 2.75) is 31.5 Å². The third-order valence-electron chi connectivity index (χ3n) is 4.01. The smallest absolute Gasteiger partial charge is 0.330 e. The third-order valence-corrected chi connectivity index (χ3v) is 4.01. The van der Waals surface area contributed by atoms with Gasteiger partial charge in [-0.1, -0.05) is 30.3 Å². The van der Waals surface area contributed by atoms with Gasteiger partial charge in [0.15, 0.2) is 0 Å². The summed E-state index contributed by atoms with van der Waals surface area (Å²) in [6.45, 7) is 1.60. The molecular weight excluding hydrogens is 265 g/mol. The number of benzene rings is 1. The zero-order valence-electron chi connectivity index (χ0n) is 11.4. The van der Waals surface area contributed by atoms with E-state index in [2.05, 4.69) is 0 Å². The molecule has 0 saturated carbocycles. The average molecular weight is 286 g/mol. The zero-order valence-corrected chi connectivity index (χ0v) is 11.4. The van der Waals surface area contributed by atoms with Crippen LogP contribution in [0.2, 0.25) is 0 Å². The first kappa shape index (κ1) is 15.3. The number of hydrogen-bond donors (Lipinski definition) is 1. The van der Waals surface area contributed by atoms with E-state index in [1.165, 1.54) is 0 Å². The van der Waals surface area contributed by atoms with E-state index < -0.39 is 12.2 Å². The molecule has 2 N–H and O–H groups in total. The molecule has 5 heteroatoms. The van der Waals surface area contributed by atoms with Crippen molar-refractivity contribution in [3.05, 3.63) is 35.9 Å². The maximum absolute atomic E-state index is 13.4. The van der Waals surface area contributed by atoms with Gasteiger partial charge in [0.2, 0.25) is 0 Å². The molecule has 0 amide bonds. The molecule has 1 fully saturated rings. The minimum Gasteiger partial charge on any atom is -0.330 e. The Bertz CT molecular complexity index is 397. The minimum absolute atomic E-state index is 0.331. The summed E-state index contributed by atoms with van der Waals surface area (Å²) in [4.78, 5) is 1.56. The summed E-state index contributed by atoms with van der Waals surface area (Å²) in [6, 6.07) is 6.70. The topological polar surface area (TPSA) is 29.3 Å².